The number of sulfonamides is 1. The summed E-state index contributed by atoms with van der Waals surface area (Å²) in [5.74, 6) is 0.287. The second kappa shape index (κ2) is 11.8. The molecule has 1 aliphatic heterocycles. The highest BCUT2D eigenvalue weighted by atomic mass is 32.2. The average molecular weight is 482 g/mol. The molecule has 1 saturated heterocycles. The lowest BCUT2D eigenvalue weighted by Gasteiger charge is -2.28. The number of amides is 2. The first-order valence-electron chi connectivity index (χ1n) is 11.6. The first-order valence-corrected chi connectivity index (χ1v) is 13.1. The topological polar surface area (TPSA) is 123 Å². The van der Waals surface area contributed by atoms with Crippen molar-refractivity contribution in [2.75, 3.05) is 26.8 Å². The lowest BCUT2D eigenvalue weighted by atomic mass is 9.81. The summed E-state index contributed by atoms with van der Waals surface area (Å²) in [4.78, 5) is 25.0. The van der Waals surface area contributed by atoms with Crippen LogP contribution in [0.4, 0.5) is 0 Å². The molecule has 0 unspecified atom stereocenters. The predicted octanol–water partition coefficient (Wildman–Crippen LogP) is 1.58. The van der Waals surface area contributed by atoms with Gasteiger partial charge in [-0.05, 0) is 75.6 Å². The summed E-state index contributed by atoms with van der Waals surface area (Å²) in [5, 5.41) is 5.65. The number of hydrogen-bond acceptors (Lipinski definition) is 6. The maximum absolute atomic E-state index is 12.6. The van der Waals surface area contributed by atoms with Crippen molar-refractivity contribution in [2.24, 2.45) is 11.8 Å². The third kappa shape index (κ3) is 7.41. The van der Waals surface area contributed by atoms with Gasteiger partial charge >= 0.3 is 0 Å². The van der Waals surface area contributed by atoms with E-state index < -0.39 is 16.1 Å². The summed E-state index contributed by atoms with van der Waals surface area (Å²) in [5.41, 5.74) is 0. The van der Waals surface area contributed by atoms with Gasteiger partial charge in [0.15, 0.2) is 0 Å². The Bertz CT molecular complexity index is 891. The predicted molar refractivity (Wildman–Crippen MR) is 123 cm³/mol. The van der Waals surface area contributed by atoms with Crippen LogP contribution >= 0.6 is 0 Å². The fraction of sp³-hybridized carbons (Fsp3) is 0.652. The van der Waals surface area contributed by atoms with Crippen LogP contribution in [0.3, 0.4) is 0 Å². The van der Waals surface area contributed by atoms with Crippen LogP contribution in [0.15, 0.2) is 29.2 Å². The molecule has 2 fully saturated rings. The Labute approximate surface area is 196 Å². The van der Waals surface area contributed by atoms with Crippen LogP contribution in [0.25, 0.3) is 0 Å². The van der Waals surface area contributed by atoms with Gasteiger partial charge in [-0.15, -0.1) is 0 Å². The number of methoxy groups -OCH3 is 1. The van der Waals surface area contributed by atoms with E-state index in [1.165, 1.54) is 19.2 Å². The molecule has 0 bridgehead atoms. The Kier molecular flexibility index (Phi) is 9.10. The molecule has 10 heteroatoms. The number of rotatable bonds is 10. The lowest BCUT2D eigenvalue weighted by molar-refractivity contribution is -0.131. The molecule has 1 aromatic rings. The number of ether oxygens (including phenoxy) is 2. The normalized spacial score (nSPS) is 24.1. The van der Waals surface area contributed by atoms with Gasteiger partial charge in [0.25, 0.3) is 0 Å². The van der Waals surface area contributed by atoms with Gasteiger partial charge in [0.05, 0.1) is 18.1 Å². The van der Waals surface area contributed by atoms with Crippen LogP contribution < -0.4 is 20.1 Å². The first kappa shape index (κ1) is 25.5. The molecule has 0 radical (unpaired) electrons. The van der Waals surface area contributed by atoms with Crippen molar-refractivity contribution in [2.45, 2.75) is 62.5 Å². The zero-order chi connectivity index (χ0) is 23.8. The highest BCUT2D eigenvalue weighted by Gasteiger charge is 2.29. The van der Waals surface area contributed by atoms with Crippen LogP contribution in [-0.4, -0.2) is 59.2 Å². The summed E-state index contributed by atoms with van der Waals surface area (Å²) in [6, 6.07) is 5.65. The van der Waals surface area contributed by atoms with Crippen molar-refractivity contribution in [3.8, 4) is 5.75 Å². The maximum Gasteiger partial charge on any atom is 0.242 e. The van der Waals surface area contributed by atoms with Gasteiger partial charge in [0.1, 0.15) is 11.8 Å². The smallest absolute Gasteiger partial charge is 0.242 e. The SMILES string of the molecule is COc1ccc(S(=O)(=O)NCC2CCC(C(=O)N[C@@H](C)C(=O)NC[C@@H]3CCCO3)CC2)cc1. The van der Waals surface area contributed by atoms with Crippen molar-refractivity contribution < 1.29 is 27.5 Å². The minimum Gasteiger partial charge on any atom is -0.497 e. The van der Waals surface area contributed by atoms with Crippen molar-refractivity contribution in [3.63, 3.8) is 0 Å². The van der Waals surface area contributed by atoms with E-state index in [-0.39, 0.29) is 34.6 Å². The minimum absolute atomic E-state index is 0.0641. The lowest BCUT2D eigenvalue weighted by Crippen LogP contribution is -2.48. The van der Waals surface area contributed by atoms with E-state index in [0.717, 1.165) is 32.3 Å². The van der Waals surface area contributed by atoms with Crippen LogP contribution in [0.2, 0.25) is 0 Å². The maximum atomic E-state index is 12.6. The van der Waals surface area contributed by atoms with Crippen LogP contribution in [-0.2, 0) is 24.3 Å². The third-order valence-electron chi connectivity index (χ3n) is 6.43. The molecule has 1 aromatic carbocycles. The molecule has 2 amide bonds. The molecule has 0 aromatic heterocycles. The largest absolute Gasteiger partial charge is 0.497 e. The van der Waals surface area contributed by atoms with Gasteiger partial charge in [0.2, 0.25) is 21.8 Å². The Hall–Kier alpha value is -2.17. The number of benzene rings is 1. The fourth-order valence-electron chi connectivity index (χ4n) is 4.26. The number of hydrogen-bond donors (Lipinski definition) is 3. The van der Waals surface area contributed by atoms with Gasteiger partial charge in [0, 0.05) is 25.6 Å². The van der Waals surface area contributed by atoms with E-state index in [0.29, 0.717) is 31.7 Å². The molecule has 3 N–H and O–H groups in total. The fourth-order valence-corrected chi connectivity index (χ4v) is 5.38. The second-order valence-electron chi connectivity index (χ2n) is 8.86. The van der Waals surface area contributed by atoms with Crippen molar-refractivity contribution >= 4 is 21.8 Å². The molecule has 2 atom stereocenters. The number of nitrogens with one attached hydrogen (secondary N) is 3. The van der Waals surface area contributed by atoms with E-state index in [2.05, 4.69) is 15.4 Å². The zero-order valence-corrected chi connectivity index (χ0v) is 20.2. The monoisotopic (exact) mass is 481 g/mol. The van der Waals surface area contributed by atoms with Gasteiger partial charge in [-0.2, -0.15) is 0 Å². The van der Waals surface area contributed by atoms with Gasteiger partial charge in [-0.25, -0.2) is 13.1 Å². The standard InChI is InChI=1S/C23H35N3O6S/c1-16(22(27)24-15-20-4-3-13-32-20)26-23(28)18-7-5-17(6-8-18)14-25-33(29,30)21-11-9-19(31-2)10-12-21/h9-12,16-18,20,25H,3-8,13-15H2,1-2H3,(H,24,27)(H,26,28)/t16-,17?,18?,20-/m0/s1. The summed E-state index contributed by atoms with van der Waals surface area (Å²) < 4.78 is 38.2. The van der Waals surface area contributed by atoms with E-state index in [1.807, 2.05) is 0 Å². The molecule has 1 aliphatic carbocycles. The van der Waals surface area contributed by atoms with E-state index >= 15 is 0 Å². The van der Waals surface area contributed by atoms with Gasteiger partial charge in [-0.3, -0.25) is 9.59 Å². The minimum atomic E-state index is -3.59. The van der Waals surface area contributed by atoms with Gasteiger partial charge < -0.3 is 20.1 Å². The molecule has 2 aliphatic rings. The molecule has 1 saturated carbocycles. The zero-order valence-electron chi connectivity index (χ0n) is 19.3. The van der Waals surface area contributed by atoms with Crippen molar-refractivity contribution in [1.29, 1.82) is 0 Å². The molecule has 33 heavy (non-hydrogen) atoms. The highest BCUT2D eigenvalue weighted by molar-refractivity contribution is 7.89. The molecule has 184 valence electrons. The van der Waals surface area contributed by atoms with Crippen LogP contribution in [0.5, 0.6) is 5.75 Å². The van der Waals surface area contributed by atoms with Crippen molar-refractivity contribution in [1.82, 2.24) is 15.4 Å². The Morgan fingerprint density at radius 1 is 1.09 bits per heavy atom. The molecular weight excluding hydrogens is 446 g/mol. The van der Waals surface area contributed by atoms with Crippen LogP contribution in [0.1, 0.15) is 45.4 Å². The Balaban J connectivity index is 1.37. The molecule has 3 rings (SSSR count). The second-order valence-corrected chi connectivity index (χ2v) is 10.6. The molecule has 1 heterocycles. The highest BCUT2D eigenvalue weighted by Crippen LogP contribution is 2.29. The Morgan fingerprint density at radius 2 is 1.79 bits per heavy atom. The number of carbonyl (C=O) groups is 2. The van der Waals surface area contributed by atoms with Crippen molar-refractivity contribution in [3.05, 3.63) is 24.3 Å². The van der Waals surface area contributed by atoms with E-state index in [4.69, 9.17) is 9.47 Å². The third-order valence-corrected chi connectivity index (χ3v) is 7.87. The van der Waals surface area contributed by atoms with E-state index in [9.17, 15) is 18.0 Å². The first-order chi connectivity index (χ1) is 15.8. The average Bonchev–Trinajstić information content (AvgIpc) is 3.35. The number of carbonyl (C=O) groups excluding carboxylic acids is 2. The van der Waals surface area contributed by atoms with E-state index in [1.54, 1.807) is 19.1 Å². The quantitative estimate of drug-likeness (QED) is 0.466. The summed E-state index contributed by atoms with van der Waals surface area (Å²) in [6.45, 7) is 3.22. The molecule has 9 nitrogen and oxygen atoms in total. The Morgan fingerprint density at radius 3 is 2.39 bits per heavy atom. The molecule has 0 spiro atoms. The van der Waals surface area contributed by atoms with Crippen LogP contribution in [0, 0.1) is 11.8 Å². The summed E-state index contributed by atoms with van der Waals surface area (Å²) in [7, 11) is -2.06. The van der Waals surface area contributed by atoms with Gasteiger partial charge in [-0.1, -0.05) is 0 Å². The molecular formula is C23H35N3O6S. The summed E-state index contributed by atoms with van der Waals surface area (Å²) >= 11 is 0. The summed E-state index contributed by atoms with van der Waals surface area (Å²) in [6.07, 6.45) is 4.87.